The lowest BCUT2D eigenvalue weighted by molar-refractivity contribution is -0.513. The van der Waals surface area contributed by atoms with Gasteiger partial charge in [0, 0.05) is 6.42 Å². The van der Waals surface area contributed by atoms with Crippen LogP contribution in [0.5, 0.6) is 0 Å². The minimum atomic E-state index is -3.81. The zero-order valence-corrected chi connectivity index (χ0v) is 8.78. The van der Waals surface area contributed by atoms with Gasteiger partial charge in [-0.3, -0.25) is 9.13 Å². The number of hydrogen-bond acceptors (Lipinski definition) is 3. The van der Waals surface area contributed by atoms with E-state index in [0.717, 1.165) is 13.1 Å². The fourth-order valence-corrected chi connectivity index (χ4v) is 1.82. The largest absolute Gasteiger partial charge is 0.286 e. The Balaban J connectivity index is 2.30. The molecule has 0 aromatic carbocycles. The van der Waals surface area contributed by atoms with Crippen molar-refractivity contribution in [2.24, 2.45) is 0 Å². The van der Waals surface area contributed by atoms with Gasteiger partial charge in [0.2, 0.25) is 6.34 Å². The molecule has 0 bridgehead atoms. The van der Waals surface area contributed by atoms with Crippen molar-refractivity contribution in [3.8, 4) is 0 Å². The van der Waals surface area contributed by atoms with Crippen LogP contribution in [0.4, 0.5) is 0 Å². The van der Waals surface area contributed by atoms with Gasteiger partial charge >= 0.3 is 0 Å². The van der Waals surface area contributed by atoms with Crippen LogP contribution in [0, 0.1) is 0 Å². The lowest BCUT2D eigenvalue weighted by atomic mass is 10.4. The number of nitrogens with zero attached hydrogens (tertiary/aromatic N) is 2. The molecule has 0 aromatic rings. The summed E-state index contributed by atoms with van der Waals surface area (Å²) < 4.78 is 31.4. The van der Waals surface area contributed by atoms with Gasteiger partial charge in [-0.25, -0.2) is 4.90 Å². The van der Waals surface area contributed by atoms with E-state index in [0.29, 0.717) is 13.0 Å². The SMILES string of the molecule is C=CN1C=[N+](CCCS(=O)(=O)O)CC1. The Morgan fingerprint density at radius 1 is 1.64 bits per heavy atom. The minimum Gasteiger partial charge on any atom is -0.286 e. The van der Waals surface area contributed by atoms with Gasteiger partial charge in [0.25, 0.3) is 10.1 Å². The highest BCUT2D eigenvalue weighted by Gasteiger charge is 2.16. The van der Waals surface area contributed by atoms with Crippen LogP contribution in [0.25, 0.3) is 0 Å². The van der Waals surface area contributed by atoms with Crippen molar-refractivity contribution in [2.75, 3.05) is 25.4 Å². The van der Waals surface area contributed by atoms with Crippen LogP contribution in [-0.2, 0) is 10.1 Å². The van der Waals surface area contributed by atoms with E-state index >= 15 is 0 Å². The Morgan fingerprint density at radius 2 is 2.36 bits per heavy atom. The number of hydrogen-bond donors (Lipinski definition) is 1. The molecule has 0 saturated carbocycles. The van der Waals surface area contributed by atoms with Crippen LogP contribution in [0.3, 0.4) is 0 Å². The van der Waals surface area contributed by atoms with Crippen LogP contribution < -0.4 is 0 Å². The van der Waals surface area contributed by atoms with Gasteiger partial charge < -0.3 is 0 Å². The topological polar surface area (TPSA) is 60.6 Å². The first-order chi connectivity index (χ1) is 6.51. The van der Waals surface area contributed by atoms with Crippen LogP contribution in [0.15, 0.2) is 12.8 Å². The zero-order chi connectivity index (χ0) is 10.6. The van der Waals surface area contributed by atoms with E-state index in [-0.39, 0.29) is 5.75 Å². The molecule has 0 aromatic heterocycles. The van der Waals surface area contributed by atoms with E-state index in [9.17, 15) is 8.42 Å². The average molecular weight is 219 g/mol. The summed E-state index contributed by atoms with van der Waals surface area (Å²) in [4.78, 5) is 1.94. The van der Waals surface area contributed by atoms with E-state index in [1.807, 2.05) is 15.8 Å². The van der Waals surface area contributed by atoms with Gasteiger partial charge in [0.05, 0.1) is 18.5 Å². The van der Waals surface area contributed by atoms with Crippen molar-refractivity contribution >= 4 is 16.5 Å². The molecule has 80 valence electrons. The van der Waals surface area contributed by atoms with E-state index in [4.69, 9.17) is 4.55 Å². The quantitative estimate of drug-likeness (QED) is 0.512. The zero-order valence-electron chi connectivity index (χ0n) is 7.96. The molecule has 0 fully saturated rings. The van der Waals surface area contributed by atoms with Crippen LogP contribution in [0.1, 0.15) is 6.42 Å². The van der Waals surface area contributed by atoms with Crippen molar-refractivity contribution in [3.05, 3.63) is 12.8 Å². The molecule has 0 spiro atoms. The lowest BCUT2D eigenvalue weighted by Gasteiger charge is -1.98. The first-order valence-corrected chi connectivity index (χ1v) is 6.05. The molecule has 0 saturated heterocycles. The van der Waals surface area contributed by atoms with Crippen LogP contribution in [0.2, 0.25) is 0 Å². The minimum absolute atomic E-state index is 0.175. The third kappa shape index (κ3) is 3.89. The maximum Gasteiger partial charge on any atom is 0.265 e. The van der Waals surface area contributed by atoms with Gasteiger partial charge in [-0.2, -0.15) is 8.42 Å². The van der Waals surface area contributed by atoms with Gasteiger partial charge in [-0.1, -0.05) is 6.58 Å². The third-order valence-corrected chi connectivity index (χ3v) is 2.84. The van der Waals surface area contributed by atoms with Crippen LogP contribution in [-0.4, -0.2) is 54.2 Å². The fourth-order valence-electron chi connectivity index (χ4n) is 1.33. The smallest absolute Gasteiger partial charge is 0.265 e. The Hall–Kier alpha value is -0.880. The van der Waals surface area contributed by atoms with Gasteiger partial charge in [0.1, 0.15) is 13.1 Å². The molecular formula is C8H15N2O3S+. The normalized spacial score (nSPS) is 16.9. The monoisotopic (exact) mass is 219 g/mol. The molecule has 1 aliphatic rings. The molecule has 0 atom stereocenters. The molecular weight excluding hydrogens is 204 g/mol. The number of rotatable bonds is 5. The van der Waals surface area contributed by atoms with Gasteiger partial charge in [-0.05, 0) is 0 Å². The molecule has 1 aliphatic heterocycles. The second-order valence-corrected chi connectivity index (χ2v) is 4.78. The van der Waals surface area contributed by atoms with E-state index in [2.05, 4.69) is 6.58 Å². The standard InChI is InChI=1S/C8H14N2O3S/c1-2-9-5-6-10(8-9)4-3-7-14(11,12)13/h2,8H,1,3-7H2/p+1. The highest BCUT2D eigenvalue weighted by molar-refractivity contribution is 7.85. The van der Waals surface area contributed by atoms with Crippen molar-refractivity contribution in [2.45, 2.75) is 6.42 Å². The molecule has 0 aliphatic carbocycles. The summed E-state index contributed by atoms with van der Waals surface area (Å²) >= 11 is 0. The lowest BCUT2D eigenvalue weighted by Crippen LogP contribution is -2.15. The highest BCUT2D eigenvalue weighted by atomic mass is 32.2. The molecule has 1 heterocycles. The third-order valence-electron chi connectivity index (χ3n) is 2.04. The molecule has 0 radical (unpaired) electrons. The highest BCUT2D eigenvalue weighted by Crippen LogP contribution is 1.96. The van der Waals surface area contributed by atoms with Crippen molar-refractivity contribution in [3.63, 3.8) is 0 Å². The molecule has 5 nitrogen and oxygen atoms in total. The van der Waals surface area contributed by atoms with E-state index < -0.39 is 10.1 Å². The second kappa shape index (κ2) is 4.56. The fraction of sp³-hybridized carbons (Fsp3) is 0.625. The average Bonchev–Trinajstić information content (AvgIpc) is 2.50. The molecule has 1 rings (SSSR count). The summed E-state index contributed by atoms with van der Waals surface area (Å²) in [6.45, 7) is 6.03. The maximum absolute atomic E-state index is 10.4. The summed E-state index contributed by atoms with van der Waals surface area (Å²) in [5.41, 5.74) is 0. The Morgan fingerprint density at radius 3 is 2.86 bits per heavy atom. The maximum atomic E-state index is 10.4. The second-order valence-electron chi connectivity index (χ2n) is 3.21. The first kappa shape index (κ1) is 11.2. The first-order valence-electron chi connectivity index (χ1n) is 4.44. The van der Waals surface area contributed by atoms with E-state index in [1.54, 1.807) is 6.20 Å². The van der Waals surface area contributed by atoms with Crippen molar-refractivity contribution in [1.82, 2.24) is 4.90 Å². The Bertz CT molecular complexity index is 334. The summed E-state index contributed by atoms with van der Waals surface area (Å²) in [5, 5.41) is 0. The summed E-state index contributed by atoms with van der Waals surface area (Å²) in [7, 11) is -3.81. The predicted molar refractivity (Wildman–Crippen MR) is 54.0 cm³/mol. The predicted octanol–water partition coefficient (Wildman–Crippen LogP) is -0.236. The Kier molecular flexibility index (Phi) is 3.65. The van der Waals surface area contributed by atoms with Crippen molar-refractivity contribution < 1.29 is 17.5 Å². The van der Waals surface area contributed by atoms with Crippen LogP contribution >= 0.6 is 0 Å². The molecule has 1 N–H and O–H groups in total. The van der Waals surface area contributed by atoms with Gasteiger partial charge in [0.15, 0.2) is 0 Å². The molecule has 14 heavy (non-hydrogen) atoms. The molecule has 0 amide bonds. The van der Waals surface area contributed by atoms with Gasteiger partial charge in [-0.15, -0.1) is 0 Å². The summed E-state index contributed by atoms with van der Waals surface area (Å²) in [6, 6.07) is 0. The molecule has 0 unspecified atom stereocenters. The molecule has 6 heteroatoms. The summed E-state index contributed by atoms with van der Waals surface area (Å²) in [5.74, 6) is -0.175. The Labute approximate surface area is 84.1 Å². The van der Waals surface area contributed by atoms with E-state index in [1.165, 1.54) is 0 Å². The summed E-state index contributed by atoms with van der Waals surface area (Å²) in [6.07, 6.45) is 4.07. The van der Waals surface area contributed by atoms with Crippen molar-refractivity contribution in [1.29, 1.82) is 0 Å².